The van der Waals surface area contributed by atoms with Gasteiger partial charge in [0.2, 0.25) is 0 Å². The average molecular weight is 169 g/mol. The van der Waals surface area contributed by atoms with Gasteiger partial charge in [0.25, 0.3) is 5.82 Å². The van der Waals surface area contributed by atoms with Gasteiger partial charge in [-0.05, 0) is 0 Å². The lowest BCUT2D eigenvalue weighted by Gasteiger charge is -1.96. The van der Waals surface area contributed by atoms with E-state index in [4.69, 9.17) is 5.11 Å². The lowest BCUT2D eigenvalue weighted by molar-refractivity contribution is -0.709. The Bertz CT molecular complexity index is 264. The smallest absolute Gasteiger partial charge is 0.253 e. The quantitative estimate of drug-likeness (QED) is 0.631. The number of aromatic nitrogens is 2. The summed E-state index contributed by atoms with van der Waals surface area (Å²) in [7, 11) is 2.05. The van der Waals surface area contributed by atoms with Gasteiger partial charge in [0.15, 0.2) is 0 Å². The molecule has 0 atom stereocenters. The van der Waals surface area contributed by atoms with E-state index in [1.807, 2.05) is 7.05 Å². The molecule has 0 radical (unpaired) electrons. The summed E-state index contributed by atoms with van der Waals surface area (Å²) in [6.07, 6.45) is 0. The maximum Gasteiger partial charge on any atom is 0.253 e. The van der Waals surface area contributed by atoms with Gasteiger partial charge in [0, 0.05) is 20.8 Å². The van der Waals surface area contributed by atoms with Crippen LogP contribution < -0.4 is 4.57 Å². The fourth-order valence-corrected chi connectivity index (χ4v) is 1.53. The number of rotatable bonds is 2. The van der Waals surface area contributed by atoms with Crippen molar-refractivity contribution in [3.05, 3.63) is 17.2 Å². The van der Waals surface area contributed by atoms with Crippen LogP contribution in [-0.2, 0) is 13.6 Å². The maximum absolute atomic E-state index is 8.84. The Hall–Kier alpha value is -0.830. The summed E-state index contributed by atoms with van der Waals surface area (Å²) in [6.45, 7) is 7.14. The van der Waals surface area contributed by atoms with E-state index >= 15 is 0 Å². The van der Waals surface area contributed by atoms with Crippen LogP contribution in [-0.4, -0.2) is 16.3 Å². The second-order valence-corrected chi connectivity index (χ2v) is 3.15. The molecule has 12 heavy (non-hydrogen) atoms. The van der Waals surface area contributed by atoms with Gasteiger partial charge in [-0.3, -0.25) is 0 Å². The minimum Gasteiger partial charge on any atom is -0.392 e. The SMILES string of the molecule is Cc1c(C)[n+](CCO)c(C)n1C. The van der Waals surface area contributed by atoms with Crippen molar-refractivity contribution in [1.82, 2.24) is 4.57 Å². The van der Waals surface area contributed by atoms with Crippen LogP contribution in [0.25, 0.3) is 0 Å². The van der Waals surface area contributed by atoms with E-state index < -0.39 is 0 Å². The second-order valence-electron chi connectivity index (χ2n) is 3.15. The normalized spacial score (nSPS) is 10.8. The Morgan fingerprint density at radius 2 is 1.92 bits per heavy atom. The lowest BCUT2D eigenvalue weighted by atomic mass is 10.4. The Balaban J connectivity index is 3.18. The Labute approximate surface area is 73.3 Å². The summed E-state index contributed by atoms with van der Waals surface area (Å²) >= 11 is 0. The van der Waals surface area contributed by atoms with E-state index in [9.17, 15) is 0 Å². The highest BCUT2D eigenvalue weighted by Gasteiger charge is 2.18. The molecule has 0 unspecified atom stereocenters. The van der Waals surface area contributed by atoms with Gasteiger partial charge in [-0.1, -0.05) is 0 Å². The van der Waals surface area contributed by atoms with E-state index in [-0.39, 0.29) is 6.61 Å². The van der Waals surface area contributed by atoms with Crippen LogP contribution in [0.2, 0.25) is 0 Å². The molecule has 0 aromatic carbocycles. The number of nitrogens with zero attached hydrogens (tertiary/aromatic N) is 2. The lowest BCUT2D eigenvalue weighted by Crippen LogP contribution is -2.40. The van der Waals surface area contributed by atoms with E-state index in [2.05, 4.69) is 29.9 Å². The molecule has 1 N–H and O–H groups in total. The number of aliphatic hydroxyl groups excluding tert-OH is 1. The van der Waals surface area contributed by atoms with Crippen molar-refractivity contribution < 1.29 is 9.67 Å². The topological polar surface area (TPSA) is 29.0 Å². The third-order valence-electron chi connectivity index (χ3n) is 2.63. The summed E-state index contributed by atoms with van der Waals surface area (Å²) < 4.78 is 4.28. The van der Waals surface area contributed by atoms with Crippen molar-refractivity contribution in [3.63, 3.8) is 0 Å². The molecule has 0 bridgehead atoms. The molecule has 0 saturated carbocycles. The molecule has 0 spiro atoms. The molecule has 1 heterocycles. The standard InChI is InChI=1S/C9H17N2O/c1-7-8(2)11(5-6-12)9(3)10(7)4/h12H,5-6H2,1-4H3/q+1. The molecule has 68 valence electrons. The van der Waals surface area contributed by atoms with Crippen molar-refractivity contribution in [2.45, 2.75) is 27.3 Å². The van der Waals surface area contributed by atoms with Crippen LogP contribution in [0.5, 0.6) is 0 Å². The first-order valence-corrected chi connectivity index (χ1v) is 4.22. The Morgan fingerprint density at radius 3 is 2.25 bits per heavy atom. The maximum atomic E-state index is 8.84. The summed E-state index contributed by atoms with van der Waals surface area (Å²) in [5.74, 6) is 1.19. The Kier molecular flexibility index (Phi) is 2.52. The highest BCUT2D eigenvalue weighted by Crippen LogP contribution is 2.04. The van der Waals surface area contributed by atoms with Crippen molar-refractivity contribution in [2.75, 3.05) is 6.61 Å². The molecule has 0 amide bonds. The van der Waals surface area contributed by atoms with Gasteiger partial charge in [0.05, 0.1) is 13.7 Å². The number of imidazole rings is 1. The van der Waals surface area contributed by atoms with Crippen LogP contribution in [0.4, 0.5) is 0 Å². The van der Waals surface area contributed by atoms with Gasteiger partial charge in [0.1, 0.15) is 17.9 Å². The molecular weight excluding hydrogens is 152 g/mol. The molecule has 0 aliphatic rings. The second kappa shape index (κ2) is 3.27. The van der Waals surface area contributed by atoms with Crippen molar-refractivity contribution in [3.8, 4) is 0 Å². The zero-order valence-corrected chi connectivity index (χ0v) is 8.26. The van der Waals surface area contributed by atoms with Gasteiger partial charge in [-0.15, -0.1) is 0 Å². The molecule has 0 aliphatic heterocycles. The van der Waals surface area contributed by atoms with Crippen LogP contribution in [0.1, 0.15) is 17.2 Å². The predicted molar refractivity (Wildman–Crippen MR) is 46.9 cm³/mol. The van der Waals surface area contributed by atoms with Gasteiger partial charge < -0.3 is 5.11 Å². The minimum absolute atomic E-state index is 0.204. The van der Waals surface area contributed by atoms with Crippen molar-refractivity contribution in [1.29, 1.82) is 0 Å². The largest absolute Gasteiger partial charge is 0.392 e. The fraction of sp³-hybridized carbons (Fsp3) is 0.667. The molecule has 0 aliphatic carbocycles. The molecule has 0 saturated heterocycles. The molecule has 3 heteroatoms. The zero-order chi connectivity index (χ0) is 9.30. The first kappa shape index (κ1) is 9.26. The first-order valence-electron chi connectivity index (χ1n) is 4.22. The highest BCUT2D eigenvalue weighted by atomic mass is 16.3. The Morgan fingerprint density at radius 1 is 1.33 bits per heavy atom. The van der Waals surface area contributed by atoms with E-state index in [0.29, 0.717) is 6.54 Å². The summed E-state index contributed by atoms with van der Waals surface area (Å²) in [6, 6.07) is 0. The minimum atomic E-state index is 0.204. The van der Waals surface area contributed by atoms with Gasteiger partial charge in [-0.25, -0.2) is 9.13 Å². The molecule has 0 fully saturated rings. The highest BCUT2D eigenvalue weighted by molar-refractivity contribution is 5.05. The third-order valence-corrected chi connectivity index (χ3v) is 2.63. The van der Waals surface area contributed by atoms with Gasteiger partial charge in [-0.2, -0.15) is 0 Å². The fourth-order valence-electron chi connectivity index (χ4n) is 1.53. The molecule has 3 nitrogen and oxygen atoms in total. The van der Waals surface area contributed by atoms with E-state index in [0.717, 1.165) is 0 Å². The average Bonchev–Trinajstić information content (AvgIpc) is 2.23. The molecule has 1 rings (SSSR count). The monoisotopic (exact) mass is 169 g/mol. The van der Waals surface area contributed by atoms with Crippen molar-refractivity contribution >= 4 is 0 Å². The summed E-state index contributed by atoms with van der Waals surface area (Å²) in [5.41, 5.74) is 2.50. The summed E-state index contributed by atoms with van der Waals surface area (Å²) in [5, 5.41) is 8.84. The van der Waals surface area contributed by atoms with E-state index in [1.54, 1.807) is 0 Å². The zero-order valence-electron chi connectivity index (χ0n) is 8.26. The predicted octanol–water partition coefficient (Wildman–Crippen LogP) is 0.230. The third kappa shape index (κ3) is 1.25. The molecule has 1 aromatic rings. The molecule has 1 aromatic heterocycles. The summed E-state index contributed by atoms with van der Waals surface area (Å²) in [4.78, 5) is 0. The van der Waals surface area contributed by atoms with Crippen LogP contribution in [0.3, 0.4) is 0 Å². The number of hydrogen-bond acceptors (Lipinski definition) is 1. The molecular formula is C9H17N2O+. The van der Waals surface area contributed by atoms with E-state index in [1.165, 1.54) is 17.2 Å². The first-order chi connectivity index (χ1) is 5.59. The van der Waals surface area contributed by atoms with Crippen LogP contribution in [0, 0.1) is 20.8 Å². The van der Waals surface area contributed by atoms with Crippen molar-refractivity contribution in [2.24, 2.45) is 7.05 Å². The number of hydrogen-bond donors (Lipinski definition) is 1. The van der Waals surface area contributed by atoms with Gasteiger partial charge >= 0.3 is 0 Å². The number of aliphatic hydroxyl groups is 1. The van der Waals surface area contributed by atoms with Crippen LogP contribution >= 0.6 is 0 Å². The van der Waals surface area contributed by atoms with Crippen LogP contribution in [0.15, 0.2) is 0 Å².